The van der Waals surface area contributed by atoms with Gasteiger partial charge in [0.05, 0.1) is 0 Å². The highest BCUT2D eigenvalue weighted by molar-refractivity contribution is 5.31. The fraction of sp³-hybridized carbons (Fsp3) is 0.455. The first-order valence-corrected chi connectivity index (χ1v) is 9.01. The Morgan fingerprint density at radius 2 is 1.74 bits per heavy atom. The Morgan fingerprint density at radius 3 is 2.43 bits per heavy atom. The van der Waals surface area contributed by atoms with Gasteiger partial charge >= 0.3 is 0 Å². The number of benzene rings is 2. The zero-order valence-electron chi connectivity index (χ0n) is 14.8. The predicted octanol–water partition coefficient (Wildman–Crippen LogP) is 6.59. The number of hydrogen-bond donors (Lipinski definition) is 0. The second-order valence-electron chi connectivity index (χ2n) is 6.48. The summed E-state index contributed by atoms with van der Waals surface area (Å²) in [6, 6.07) is 19.0. The van der Waals surface area contributed by atoms with Crippen molar-refractivity contribution in [3.8, 4) is 5.75 Å². The monoisotopic (exact) mass is 310 g/mol. The maximum Gasteiger partial charge on any atom is 0.120 e. The van der Waals surface area contributed by atoms with E-state index in [1.807, 2.05) is 6.07 Å². The lowest BCUT2D eigenvalue weighted by molar-refractivity contribution is 0.305. The third-order valence-corrected chi connectivity index (χ3v) is 4.67. The molecule has 0 spiro atoms. The van der Waals surface area contributed by atoms with Gasteiger partial charge in [0.1, 0.15) is 12.4 Å². The molecule has 2 atom stereocenters. The van der Waals surface area contributed by atoms with Gasteiger partial charge in [0, 0.05) is 0 Å². The van der Waals surface area contributed by atoms with Crippen LogP contribution in [0.1, 0.15) is 63.5 Å². The van der Waals surface area contributed by atoms with Crippen LogP contribution in [-0.4, -0.2) is 0 Å². The zero-order valence-corrected chi connectivity index (χ0v) is 14.8. The maximum absolute atomic E-state index is 5.99. The van der Waals surface area contributed by atoms with E-state index >= 15 is 0 Å². The van der Waals surface area contributed by atoms with E-state index in [4.69, 9.17) is 4.74 Å². The van der Waals surface area contributed by atoms with Crippen LogP contribution in [0.5, 0.6) is 5.75 Å². The number of ether oxygens (including phenoxy) is 1. The Morgan fingerprint density at radius 1 is 0.957 bits per heavy atom. The van der Waals surface area contributed by atoms with Crippen LogP contribution < -0.4 is 4.74 Å². The number of unbranched alkanes of at least 4 members (excludes halogenated alkanes) is 1. The summed E-state index contributed by atoms with van der Waals surface area (Å²) in [6.07, 6.45) is 5.10. The van der Waals surface area contributed by atoms with Gasteiger partial charge < -0.3 is 4.74 Å². The molecule has 0 heterocycles. The number of rotatable bonds is 9. The molecular formula is C22H30O. The first-order chi connectivity index (χ1) is 11.2. The summed E-state index contributed by atoms with van der Waals surface area (Å²) in [5.41, 5.74) is 2.63. The van der Waals surface area contributed by atoms with Crippen LogP contribution in [0.25, 0.3) is 0 Å². The highest BCUT2D eigenvalue weighted by Gasteiger charge is 2.17. The van der Waals surface area contributed by atoms with Crippen molar-refractivity contribution in [1.82, 2.24) is 0 Å². The molecule has 0 saturated heterocycles. The summed E-state index contributed by atoms with van der Waals surface area (Å²) in [4.78, 5) is 0. The van der Waals surface area contributed by atoms with Gasteiger partial charge in [-0.05, 0) is 41.5 Å². The van der Waals surface area contributed by atoms with Crippen molar-refractivity contribution in [2.45, 2.75) is 59.0 Å². The summed E-state index contributed by atoms with van der Waals surface area (Å²) in [5, 5.41) is 0. The molecule has 0 aliphatic carbocycles. The summed E-state index contributed by atoms with van der Waals surface area (Å²) >= 11 is 0. The van der Waals surface area contributed by atoms with Crippen LogP contribution >= 0.6 is 0 Å². The van der Waals surface area contributed by atoms with E-state index < -0.39 is 0 Å². The van der Waals surface area contributed by atoms with Gasteiger partial charge in [-0.1, -0.05) is 82.5 Å². The van der Waals surface area contributed by atoms with E-state index in [1.165, 1.54) is 36.8 Å². The van der Waals surface area contributed by atoms with Crippen LogP contribution in [0, 0.1) is 5.92 Å². The standard InChI is InChI=1S/C22H30O/c1-4-6-11-18(3)22(5-2)20-14-10-15-21(16-20)23-17-19-12-8-7-9-13-19/h7-10,12-16,18,22H,4-6,11,17H2,1-3H3/t18-,22+/m0/s1. The second-order valence-corrected chi connectivity index (χ2v) is 6.48. The molecule has 0 N–H and O–H groups in total. The predicted molar refractivity (Wildman–Crippen MR) is 98.9 cm³/mol. The van der Waals surface area contributed by atoms with Gasteiger partial charge in [0.2, 0.25) is 0 Å². The molecule has 2 aromatic rings. The Labute approximate surface area is 141 Å². The summed E-state index contributed by atoms with van der Waals surface area (Å²) in [6.45, 7) is 7.59. The van der Waals surface area contributed by atoms with Crippen LogP contribution in [0.15, 0.2) is 54.6 Å². The van der Waals surface area contributed by atoms with E-state index in [2.05, 4.69) is 69.3 Å². The normalized spacial score (nSPS) is 13.5. The molecule has 124 valence electrons. The molecule has 0 bridgehead atoms. The molecule has 0 unspecified atom stereocenters. The molecule has 0 saturated carbocycles. The maximum atomic E-state index is 5.99. The second kappa shape index (κ2) is 9.39. The average Bonchev–Trinajstić information content (AvgIpc) is 2.60. The molecule has 0 aliphatic rings. The van der Waals surface area contributed by atoms with Gasteiger partial charge in [-0.2, -0.15) is 0 Å². The van der Waals surface area contributed by atoms with E-state index in [9.17, 15) is 0 Å². The minimum absolute atomic E-state index is 0.627. The van der Waals surface area contributed by atoms with Crippen molar-refractivity contribution in [2.24, 2.45) is 5.92 Å². The van der Waals surface area contributed by atoms with Gasteiger partial charge in [-0.15, -0.1) is 0 Å². The molecule has 0 fully saturated rings. The molecule has 23 heavy (non-hydrogen) atoms. The molecule has 0 aliphatic heterocycles. The molecule has 1 heteroatoms. The van der Waals surface area contributed by atoms with E-state index in [1.54, 1.807) is 0 Å². The lowest BCUT2D eigenvalue weighted by Crippen LogP contribution is -2.09. The third kappa shape index (κ3) is 5.42. The Balaban J connectivity index is 2.02. The fourth-order valence-corrected chi connectivity index (χ4v) is 3.27. The molecular weight excluding hydrogens is 280 g/mol. The number of hydrogen-bond acceptors (Lipinski definition) is 1. The van der Waals surface area contributed by atoms with E-state index in [0.717, 1.165) is 11.7 Å². The average molecular weight is 310 g/mol. The first-order valence-electron chi connectivity index (χ1n) is 9.01. The summed E-state index contributed by atoms with van der Waals surface area (Å²) in [7, 11) is 0. The van der Waals surface area contributed by atoms with Crippen LogP contribution in [-0.2, 0) is 6.61 Å². The lowest BCUT2D eigenvalue weighted by atomic mass is 9.82. The summed E-state index contributed by atoms with van der Waals surface area (Å²) < 4.78 is 5.99. The first kappa shape index (κ1) is 17.6. The Kier molecular flexibility index (Phi) is 7.19. The topological polar surface area (TPSA) is 9.23 Å². The minimum atomic E-state index is 0.627. The van der Waals surface area contributed by atoms with Crippen molar-refractivity contribution in [3.63, 3.8) is 0 Å². The highest BCUT2D eigenvalue weighted by Crippen LogP contribution is 2.33. The van der Waals surface area contributed by atoms with Gasteiger partial charge in [0.15, 0.2) is 0 Å². The highest BCUT2D eigenvalue weighted by atomic mass is 16.5. The lowest BCUT2D eigenvalue weighted by Gasteiger charge is -2.23. The van der Waals surface area contributed by atoms with Gasteiger partial charge in [-0.3, -0.25) is 0 Å². The van der Waals surface area contributed by atoms with Crippen molar-refractivity contribution in [3.05, 3.63) is 65.7 Å². The minimum Gasteiger partial charge on any atom is -0.489 e. The fourth-order valence-electron chi connectivity index (χ4n) is 3.27. The largest absolute Gasteiger partial charge is 0.489 e. The van der Waals surface area contributed by atoms with Crippen molar-refractivity contribution in [1.29, 1.82) is 0 Å². The molecule has 0 radical (unpaired) electrons. The van der Waals surface area contributed by atoms with Crippen LogP contribution in [0.2, 0.25) is 0 Å². The van der Waals surface area contributed by atoms with E-state index in [0.29, 0.717) is 12.5 Å². The Bertz CT molecular complexity index is 561. The van der Waals surface area contributed by atoms with Gasteiger partial charge in [0.25, 0.3) is 0 Å². The van der Waals surface area contributed by atoms with E-state index in [-0.39, 0.29) is 0 Å². The molecule has 0 amide bonds. The van der Waals surface area contributed by atoms with Crippen molar-refractivity contribution < 1.29 is 4.74 Å². The Hall–Kier alpha value is -1.76. The SMILES string of the molecule is CCCC[C@H](C)[C@@H](CC)c1cccc(OCc2ccccc2)c1. The smallest absolute Gasteiger partial charge is 0.120 e. The zero-order chi connectivity index (χ0) is 16.5. The molecule has 0 aromatic heterocycles. The van der Waals surface area contributed by atoms with Gasteiger partial charge in [-0.25, -0.2) is 0 Å². The summed E-state index contributed by atoms with van der Waals surface area (Å²) in [5.74, 6) is 2.33. The van der Waals surface area contributed by atoms with Crippen molar-refractivity contribution in [2.75, 3.05) is 0 Å². The van der Waals surface area contributed by atoms with Crippen LogP contribution in [0.4, 0.5) is 0 Å². The van der Waals surface area contributed by atoms with Crippen molar-refractivity contribution >= 4 is 0 Å². The third-order valence-electron chi connectivity index (χ3n) is 4.67. The molecule has 1 nitrogen and oxygen atoms in total. The quantitative estimate of drug-likeness (QED) is 0.508. The molecule has 2 rings (SSSR count). The molecule has 2 aromatic carbocycles. The van der Waals surface area contributed by atoms with Crippen LogP contribution in [0.3, 0.4) is 0 Å².